The fourth-order valence-electron chi connectivity index (χ4n) is 2.63. The number of carbonyl (C=O) groups is 2. The molecule has 0 aliphatic carbocycles. The molecule has 122 valence electrons. The monoisotopic (exact) mass is 322 g/mol. The summed E-state index contributed by atoms with van der Waals surface area (Å²) in [6.45, 7) is 3.87. The van der Waals surface area contributed by atoms with Crippen LogP contribution >= 0.6 is 0 Å². The van der Waals surface area contributed by atoms with Crippen LogP contribution in [0.25, 0.3) is 0 Å². The average molecular weight is 322 g/mol. The van der Waals surface area contributed by atoms with Crippen LogP contribution in [0.1, 0.15) is 6.42 Å². The molecule has 1 N–H and O–H groups in total. The molecule has 1 fully saturated rings. The minimum atomic E-state index is -0.263. The van der Waals surface area contributed by atoms with E-state index in [0.29, 0.717) is 18.7 Å². The first kappa shape index (κ1) is 15.8. The highest BCUT2D eigenvalue weighted by Gasteiger charge is 2.31. The van der Waals surface area contributed by atoms with Gasteiger partial charge >= 0.3 is 0 Å². The third-order valence-electron chi connectivity index (χ3n) is 3.78. The fourth-order valence-corrected chi connectivity index (χ4v) is 2.63. The Balaban J connectivity index is 1.66. The zero-order valence-electron chi connectivity index (χ0n) is 13.1. The lowest BCUT2D eigenvalue weighted by Crippen LogP contribution is -2.36. The molecule has 5 heteroatoms. The summed E-state index contributed by atoms with van der Waals surface area (Å²) >= 11 is 0. The summed E-state index contributed by atoms with van der Waals surface area (Å²) in [6.07, 6.45) is 1.50. The summed E-state index contributed by atoms with van der Waals surface area (Å²) in [7, 11) is 0. The van der Waals surface area contributed by atoms with Crippen LogP contribution in [0, 0.1) is 0 Å². The van der Waals surface area contributed by atoms with Crippen molar-refractivity contribution in [1.82, 2.24) is 5.32 Å². The number of amides is 2. The minimum Gasteiger partial charge on any atom is -0.457 e. The SMILES string of the molecule is C=CC(=O)NC1CC(=O)N(c2ccc(Oc3ccccc3)cc2)C1. The zero-order chi connectivity index (χ0) is 16.9. The highest BCUT2D eigenvalue weighted by Crippen LogP contribution is 2.26. The standard InChI is InChI=1S/C19H18N2O3/c1-2-18(22)20-14-12-19(23)21(13-14)15-8-10-17(11-9-15)24-16-6-4-3-5-7-16/h2-11,14H,1,12-13H2,(H,20,22). The van der Waals surface area contributed by atoms with Crippen molar-refractivity contribution in [3.8, 4) is 11.5 Å². The summed E-state index contributed by atoms with van der Waals surface area (Å²) in [6, 6.07) is 16.6. The molecular formula is C19H18N2O3. The van der Waals surface area contributed by atoms with Gasteiger partial charge in [0.1, 0.15) is 11.5 Å². The Hall–Kier alpha value is -3.08. The predicted octanol–water partition coefficient (Wildman–Crippen LogP) is 2.89. The number of nitrogens with one attached hydrogen (secondary N) is 1. The molecule has 0 saturated carbocycles. The summed E-state index contributed by atoms with van der Waals surface area (Å²) in [5, 5.41) is 2.76. The van der Waals surface area contributed by atoms with Gasteiger partial charge in [-0.15, -0.1) is 0 Å². The third kappa shape index (κ3) is 3.63. The van der Waals surface area contributed by atoms with Gasteiger partial charge in [0, 0.05) is 18.7 Å². The van der Waals surface area contributed by atoms with Gasteiger partial charge in [0.25, 0.3) is 0 Å². The highest BCUT2D eigenvalue weighted by molar-refractivity contribution is 5.97. The number of para-hydroxylation sites is 1. The second-order valence-corrected chi connectivity index (χ2v) is 5.53. The quantitative estimate of drug-likeness (QED) is 0.861. The Morgan fingerprint density at radius 2 is 1.79 bits per heavy atom. The van der Waals surface area contributed by atoms with Crippen molar-refractivity contribution in [2.24, 2.45) is 0 Å². The van der Waals surface area contributed by atoms with Crippen LogP contribution in [-0.4, -0.2) is 24.4 Å². The number of hydrogen-bond acceptors (Lipinski definition) is 3. The Morgan fingerprint density at radius 3 is 2.46 bits per heavy atom. The van der Waals surface area contributed by atoms with Gasteiger partial charge in [0.05, 0.1) is 6.04 Å². The molecule has 2 aromatic carbocycles. The Bertz CT molecular complexity index is 741. The molecule has 1 saturated heterocycles. The van der Waals surface area contributed by atoms with E-state index in [1.807, 2.05) is 54.6 Å². The van der Waals surface area contributed by atoms with Crippen molar-refractivity contribution >= 4 is 17.5 Å². The van der Waals surface area contributed by atoms with Gasteiger partial charge in [-0.25, -0.2) is 0 Å². The van der Waals surface area contributed by atoms with Gasteiger partial charge < -0.3 is 15.0 Å². The van der Waals surface area contributed by atoms with Crippen molar-refractivity contribution in [3.05, 3.63) is 67.3 Å². The molecule has 2 amide bonds. The number of rotatable bonds is 5. The van der Waals surface area contributed by atoms with Gasteiger partial charge in [-0.05, 0) is 42.5 Å². The Kier molecular flexibility index (Phi) is 4.61. The molecule has 0 bridgehead atoms. The van der Waals surface area contributed by atoms with E-state index in [9.17, 15) is 9.59 Å². The van der Waals surface area contributed by atoms with Crippen LogP contribution < -0.4 is 15.0 Å². The molecule has 1 heterocycles. The summed E-state index contributed by atoms with van der Waals surface area (Å²) in [5.41, 5.74) is 0.788. The largest absolute Gasteiger partial charge is 0.457 e. The van der Waals surface area contributed by atoms with Crippen LogP contribution in [-0.2, 0) is 9.59 Å². The second-order valence-electron chi connectivity index (χ2n) is 5.53. The number of benzene rings is 2. The van der Waals surface area contributed by atoms with Gasteiger partial charge in [0.15, 0.2) is 0 Å². The highest BCUT2D eigenvalue weighted by atomic mass is 16.5. The lowest BCUT2D eigenvalue weighted by molar-refractivity contribution is -0.117. The predicted molar refractivity (Wildman–Crippen MR) is 92.1 cm³/mol. The van der Waals surface area contributed by atoms with Gasteiger partial charge in [-0.3, -0.25) is 9.59 Å². The molecular weight excluding hydrogens is 304 g/mol. The molecule has 0 radical (unpaired) electrons. The van der Waals surface area contributed by atoms with Crippen LogP contribution in [0.4, 0.5) is 5.69 Å². The molecule has 5 nitrogen and oxygen atoms in total. The van der Waals surface area contributed by atoms with E-state index in [1.165, 1.54) is 6.08 Å². The molecule has 2 aromatic rings. The molecule has 1 unspecified atom stereocenters. The first-order chi connectivity index (χ1) is 11.7. The lowest BCUT2D eigenvalue weighted by atomic mass is 10.2. The van der Waals surface area contributed by atoms with Crippen LogP contribution in [0.3, 0.4) is 0 Å². The third-order valence-corrected chi connectivity index (χ3v) is 3.78. The number of nitrogens with zero attached hydrogens (tertiary/aromatic N) is 1. The number of ether oxygens (including phenoxy) is 1. The Labute approximate surface area is 140 Å². The molecule has 3 rings (SSSR count). The van der Waals surface area contributed by atoms with E-state index in [4.69, 9.17) is 4.74 Å². The summed E-state index contributed by atoms with van der Waals surface area (Å²) in [5.74, 6) is 1.19. The topological polar surface area (TPSA) is 58.6 Å². The normalized spacial score (nSPS) is 16.8. The van der Waals surface area contributed by atoms with E-state index >= 15 is 0 Å². The van der Waals surface area contributed by atoms with Gasteiger partial charge in [-0.2, -0.15) is 0 Å². The first-order valence-corrected chi connectivity index (χ1v) is 7.72. The molecule has 1 atom stereocenters. The number of anilines is 1. The van der Waals surface area contributed by atoms with E-state index < -0.39 is 0 Å². The van der Waals surface area contributed by atoms with E-state index in [1.54, 1.807) is 4.90 Å². The van der Waals surface area contributed by atoms with Gasteiger partial charge in [0.2, 0.25) is 11.8 Å². The minimum absolute atomic E-state index is 0.0129. The lowest BCUT2D eigenvalue weighted by Gasteiger charge is -2.17. The summed E-state index contributed by atoms with van der Waals surface area (Å²) in [4.78, 5) is 25.2. The molecule has 0 aromatic heterocycles. The number of carbonyl (C=O) groups excluding carboxylic acids is 2. The van der Waals surface area contributed by atoms with E-state index in [2.05, 4.69) is 11.9 Å². The first-order valence-electron chi connectivity index (χ1n) is 7.72. The van der Waals surface area contributed by atoms with E-state index in [0.717, 1.165) is 11.4 Å². The van der Waals surface area contributed by atoms with Crippen LogP contribution in [0.5, 0.6) is 11.5 Å². The van der Waals surface area contributed by atoms with E-state index in [-0.39, 0.29) is 17.9 Å². The number of hydrogen-bond donors (Lipinski definition) is 1. The molecule has 0 spiro atoms. The van der Waals surface area contributed by atoms with Crippen molar-refractivity contribution < 1.29 is 14.3 Å². The molecule has 1 aliphatic heterocycles. The maximum absolute atomic E-state index is 12.1. The zero-order valence-corrected chi connectivity index (χ0v) is 13.1. The van der Waals surface area contributed by atoms with Crippen molar-refractivity contribution in [2.75, 3.05) is 11.4 Å². The Morgan fingerprint density at radius 1 is 1.12 bits per heavy atom. The van der Waals surface area contributed by atoms with Gasteiger partial charge in [-0.1, -0.05) is 24.8 Å². The molecule has 24 heavy (non-hydrogen) atoms. The average Bonchev–Trinajstić information content (AvgIpc) is 2.96. The fraction of sp³-hybridized carbons (Fsp3) is 0.158. The maximum atomic E-state index is 12.1. The smallest absolute Gasteiger partial charge is 0.243 e. The maximum Gasteiger partial charge on any atom is 0.243 e. The summed E-state index contributed by atoms with van der Waals surface area (Å²) < 4.78 is 5.74. The van der Waals surface area contributed by atoms with Crippen LogP contribution in [0.2, 0.25) is 0 Å². The van der Waals surface area contributed by atoms with Crippen molar-refractivity contribution in [2.45, 2.75) is 12.5 Å². The van der Waals surface area contributed by atoms with Crippen LogP contribution in [0.15, 0.2) is 67.3 Å². The second kappa shape index (κ2) is 7.00. The van der Waals surface area contributed by atoms with Crippen molar-refractivity contribution in [1.29, 1.82) is 0 Å². The molecule has 1 aliphatic rings. The van der Waals surface area contributed by atoms with Crippen molar-refractivity contribution in [3.63, 3.8) is 0 Å².